The van der Waals surface area contributed by atoms with Gasteiger partial charge in [0.05, 0.1) is 10.8 Å². The molecule has 0 aliphatic carbocycles. The van der Waals surface area contributed by atoms with Crippen molar-refractivity contribution in [2.75, 3.05) is 0 Å². The van der Waals surface area contributed by atoms with Crippen molar-refractivity contribution in [1.82, 2.24) is 0 Å². The van der Waals surface area contributed by atoms with Crippen LogP contribution in [0.2, 0.25) is 0 Å². The number of halogens is 8. The number of alkyl halides is 6. The molecule has 14 heavy (non-hydrogen) atoms. The van der Waals surface area contributed by atoms with E-state index in [-0.39, 0.29) is 5.03 Å². The summed E-state index contributed by atoms with van der Waals surface area (Å²) in [4.78, 5) is -1.10. The Balaban J connectivity index is 4.69. The summed E-state index contributed by atoms with van der Waals surface area (Å²) in [6, 6.07) is 0. The van der Waals surface area contributed by atoms with E-state index >= 15 is 0 Å². The SMILES string of the molecule is Cl/C=C(\Cl)C(Cl)C(Cl)C(Cl)(Cl)C(Cl)Cl. The van der Waals surface area contributed by atoms with Gasteiger partial charge in [-0.25, -0.2) is 0 Å². The monoisotopic (exact) mass is 356 g/mol. The summed E-state index contributed by atoms with van der Waals surface area (Å²) < 4.78 is -1.61. The van der Waals surface area contributed by atoms with Gasteiger partial charge in [-0.3, -0.25) is 0 Å². The molecule has 0 rings (SSSR count). The molecule has 0 saturated heterocycles. The Labute approximate surface area is 122 Å². The molecule has 8 heteroatoms. The molecular weight excluding hydrogens is 356 g/mol. The summed E-state index contributed by atoms with van der Waals surface area (Å²) in [5, 5.41) is -1.74. The summed E-state index contributed by atoms with van der Waals surface area (Å²) in [5.74, 6) is 0. The van der Waals surface area contributed by atoms with Gasteiger partial charge in [-0.2, -0.15) is 0 Å². The fraction of sp³-hybridized carbons (Fsp3) is 0.667. The first-order valence-electron chi connectivity index (χ1n) is 3.15. The van der Waals surface area contributed by atoms with E-state index in [1.165, 1.54) is 0 Å². The molecule has 0 aromatic heterocycles. The van der Waals surface area contributed by atoms with Gasteiger partial charge in [0.1, 0.15) is 4.84 Å². The van der Waals surface area contributed by atoms with Crippen molar-refractivity contribution >= 4 is 92.8 Å². The van der Waals surface area contributed by atoms with Crippen molar-refractivity contribution < 1.29 is 0 Å². The lowest BCUT2D eigenvalue weighted by atomic mass is 10.2. The molecular formula is C6H4Cl8. The normalized spacial score (nSPS) is 18.5. The highest BCUT2D eigenvalue weighted by Gasteiger charge is 2.44. The van der Waals surface area contributed by atoms with Crippen molar-refractivity contribution in [3.05, 3.63) is 10.6 Å². The highest BCUT2D eigenvalue weighted by molar-refractivity contribution is 6.62. The predicted octanol–water partition coefficient (Wildman–Crippen LogP) is 5.50. The first kappa shape index (κ1) is 16.1. The molecule has 0 aliphatic heterocycles. The minimum absolute atomic E-state index is 0.105. The van der Waals surface area contributed by atoms with Crippen LogP contribution in [0.1, 0.15) is 0 Å². The largest absolute Gasteiger partial charge is 0.166 e. The Kier molecular flexibility index (Phi) is 7.70. The number of hydrogen-bond donors (Lipinski definition) is 0. The van der Waals surface area contributed by atoms with Crippen LogP contribution in [-0.2, 0) is 0 Å². The van der Waals surface area contributed by atoms with Gasteiger partial charge < -0.3 is 0 Å². The second kappa shape index (κ2) is 6.71. The standard InChI is InChI=1S/C6H4Cl8/c7-1-2(8)3(9)4(10)6(13,14)5(11)12/h1,3-5H/b2-1-. The molecule has 0 amide bonds. The molecule has 0 saturated carbocycles. The maximum atomic E-state index is 5.84. The summed E-state index contributed by atoms with van der Waals surface area (Å²) >= 11 is 45.2. The quantitative estimate of drug-likeness (QED) is 0.582. The van der Waals surface area contributed by atoms with Gasteiger partial charge in [-0.15, -0.1) is 46.4 Å². The van der Waals surface area contributed by atoms with E-state index in [2.05, 4.69) is 0 Å². The Morgan fingerprint density at radius 3 is 1.79 bits per heavy atom. The van der Waals surface area contributed by atoms with Gasteiger partial charge in [0.2, 0.25) is 0 Å². The molecule has 0 heterocycles. The third-order valence-electron chi connectivity index (χ3n) is 1.28. The van der Waals surface area contributed by atoms with Crippen LogP contribution in [0.3, 0.4) is 0 Å². The van der Waals surface area contributed by atoms with E-state index in [9.17, 15) is 0 Å². The van der Waals surface area contributed by atoms with Gasteiger partial charge in [-0.05, 0) is 0 Å². The molecule has 0 radical (unpaired) electrons. The Hall–Kier alpha value is 2.06. The van der Waals surface area contributed by atoms with E-state index in [0.29, 0.717) is 0 Å². The van der Waals surface area contributed by atoms with Gasteiger partial charge >= 0.3 is 0 Å². The van der Waals surface area contributed by atoms with Crippen LogP contribution in [0.4, 0.5) is 0 Å². The van der Waals surface area contributed by atoms with Crippen molar-refractivity contribution in [2.24, 2.45) is 0 Å². The highest BCUT2D eigenvalue weighted by atomic mass is 35.5. The minimum Gasteiger partial charge on any atom is -0.118 e. The molecule has 2 atom stereocenters. The highest BCUT2D eigenvalue weighted by Crippen LogP contribution is 2.42. The van der Waals surface area contributed by atoms with Gasteiger partial charge in [-0.1, -0.05) is 46.4 Å². The fourth-order valence-corrected chi connectivity index (χ4v) is 2.21. The zero-order valence-corrected chi connectivity index (χ0v) is 12.4. The molecule has 0 bridgehead atoms. The number of allylic oxidation sites excluding steroid dienone is 1. The lowest BCUT2D eigenvalue weighted by molar-refractivity contribution is 0.754. The third-order valence-corrected chi connectivity index (χ3v) is 5.56. The summed E-state index contributed by atoms with van der Waals surface area (Å²) in [6.07, 6.45) is 0. The van der Waals surface area contributed by atoms with E-state index < -0.39 is 19.9 Å². The smallest absolute Gasteiger partial charge is 0.118 e. The molecule has 84 valence electrons. The number of rotatable bonds is 4. The molecule has 0 aromatic carbocycles. The molecule has 0 aromatic rings. The van der Waals surface area contributed by atoms with Crippen molar-refractivity contribution in [2.45, 2.75) is 19.9 Å². The summed E-state index contributed by atoms with van der Waals surface area (Å²) in [5.41, 5.74) is 1.07. The molecule has 0 N–H and O–H groups in total. The van der Waals surface area contributed by atoms with Crippen LogP contribution in [0.15, 0.2) is 10.6 Å². The van der Waals surface area contributed by atoms with Crippen LogP contribution in [-0.4, -0.2) is 19.9 Å². The molecule has 0 fully saturated rings. The first-order chi connectivity index (χ1) is 6.25. The van der Waals surface area contributed by atoms with Crippen molar-refractivity contribution in [3.8, 4) is 0 Å². The average molecular weight is 360 g/mol. The van der Waals surface area contributed by atoms with Gasteiger partial charge in [0.25, 0.3) is 0 Å². The van der Waals surface area contributed by atoms with Crippen LogP contribution in [0, 0.1) is 0 Å². The minimum atomic E-state index is -1.61. The number of hydrogen-bond acceptors (Lipinski definition) is 0. The molecule has 2 unspecified atom stereocenters. The summed E-state index contributed by atoms with van der Waals surface area (Å²) in [6.45, 7) is 0. The molecule has 0 aliphatic rings. The maximum absolute atomic E-state index is 5.84. The predicted molar refractivity (Wildman–Crippen MR) is 69.0 cm³/mol. The van der Waals surface area contributed by atoms with E-state index in [1.807, 2.05) is 0 Å². The Morgan fingerprint density at radius 2 is 1.50 bits per heavy atom. The average Bonchev–Trinajstić information content (AvgIpc) is 2.13. The van der Waals surface area contributed by atoms with E-state index in [0.717, 1.165) is 5.54 Å². The van der Waals surface area contributed by atoms with Crippen LogP contribution in [0.25, 0.3) is 0 Å². The Morgan fingerprint density at radius 1 is 1.07 bits per heavy atom. The van der Waals surface area contributed by atoms with Gasteiger partial charge in [0.15, 0.2) is 4.33 Å². The van der Waals surface area contributed by atoms with Crippen molar-refractivity contribution in [1.29, 1.82) is 0 Å². The second-order valence-electron chi connectivity index (χ2n) is 2.27. The van der Waals surface area contributed by atoms with E-state index in [1.54, 1.807) is 0 Å². The third kappa shape index (κ3) is 4.14. The van der Waals surface area contributed by atoms with Crippen LogP contribution in [0.5, 0.6) is 0 Å². The molecule has 0 spiro atoms. The van der Waals surface area contributed by atoms with E-state index in [4.69, 9.17) is 92.8 Å². The molecule has 0 nitrogen and oxygen atoms in total. The van der Waals surface area contributed by atoms with Crippen LogP contribution < -0.4 is 0 Å². The van der Waals surface area contributed by atoms with Crippen LogP contribution >= 0.6 is 92.8 Å². The lowest BCUT2D eigenvalue weighted by Crippen LogP contribution is -2.39. The zero-order valence-electron chi connectivity index (χ0n) is 6.33. The zero-order chi connectivity index (χ0) is 11.5. The first-order valence-corrected chi connectivity index (χ1v) is 6.46. The lowest BCUT2D eigenvalue weighted by Gasteiger charge is -2.28. The summed E-state index contributed by atoms with van der Waals surface area (Å²) in [7, 11) is 0. The topological polar surface area (TPSA) is 0 Å². The van der Waals surface area contributed by atoms with Crippen molar-refractivity contribution in [3.63, 3.8) is 0 Å². The maximum Gasteiger partial charge on any atom is 0.166 e. The second-order valence-corrected chi connectivity index (χ2v) is 6.41. The van der Waals surface area contributed by atoms with Gasteiger partial charge in [0, 0.05) is 10.6 Å². The Bertz CT molecular complexity index is 210. The fourth-order valence-electron chi connectivity index (χ4n) is 0.515.